The molecule has 3 heteroatoms. The Morgan fingerprint density at radius 2 is 1.50 bits per heavy atom. The maximum atomic E-state index is 4.44. The van der Waals surface area contributed by atoms with Crippen LogP contribution in [0, 0.1) is 0 Å². The van der Waals surface area contributed by atoms with Crippen LogP contribution in [-0.2, 0) is 9.78 Å². The quantitative estimate of drug-likeness (QED) is 0.415. The van der Waals surface area contributed by atoms with Crippen molar-refractivity contribution in [3.05, 3.63) is 0 Å². The van der Waals surface area contributed by atoms with Crippen LogP contribution in [0.25, 0.3) is 0 Å². The third-order valence-electron chi connectivity index (χ3n) is 0.539. The van der Waals surface area contributed by atoms with Crippen LogP contribution >= 0.6 is 0 Å². The van der Waals surface area contributed by atoms with Crippen molar-refractivity contribution in [1.29, 1.82) is 0 Å². The van der Waals surface area contributed by atoms with E-state index in [1.54, 1.807) is 0 Å². The molecule has 2 nitrogen and oxygen atoms in total. The first-order chi connectivity index (χ1) is 2.50. The summed E-state index contributed by atoms with van der Waals surface area (Å²) in [7, 11) is 0. The molecule has 0 aromatic heterocycles. The van der Waals surface area contributed by atoms with Crippen LogP contribution < -0.4 is 0 Å². The van der Waals surface area contributed by atoms with Crippen molar-refractivity contribution in [2.24, 2.45) is 0 Å². The molecule has 1 aliphatic heterocycles. The summed E-state index contributed by atoms with van der Waals surface area (Å²) in [6.45, 7) is 1.56. The Morgan fingerprint density at radius 1 is 1.00 bits per heavy atom. The molecular weight excluding hydrogens is 275 g/mol. The molecule has 0 spiro atoms. The Kier molecular flexibility index (Phi) is 4.58. The molecule has 1 fully saturated rings. The van der Waals surface area contributed by atoms with Gasteiger partial charge in [-0.15, -0.1) is 0 Å². The minimum absolute atomic E-state index is 0. The van der Waals surface area contributed by atoms with Gasteiger partial charge >= 0.3 is 27.3 Å². The average molecular weight is 285 g/mol. The second kappa shape index (κ2) is 4.01. The first-order valence-corrected chi connectivity index (χ1v) is 1.74. The van der Waals surface area contributed by atoms with E-state index in [1.807, 2.05) is 0 Å². The van der Waals surface area contributed by atoms with Crippen molar-refractivity contribution in [3.63, 3.8) is 0 Å². The molecule has 0 bridgehead atoms. The molecule has 6 heavy (non-hydrogen) atoms. The van der Waals surface area contributed by atoms with Gasteiger partial charge in [0.2, 0.25) is 0 Å². The summed E-state index contributed by atoms with van der Waals surface area (Å²) in [6.07, 6.45) is 1.06. The van der Waals surface area contributed by atoms with Crippen LogP contribution in [0.4, 0.5) is 0 Å². The van der Waals surface area contributed by atoms with Crippen molar-refractivity contribution in [1.82, 2.24) is 0 Å². The monoisotopic (exact) mass is 286 g/mol. The molecular formula is C3H10O2Pb. The Balaban J connectivity index is 0.000000250. The number of rotatable bonds is 0. The third-order valence-corrected chi connectivity index (χ3v) is 0.539. The molecule has 0 aliphatic carbocycles. The third kappa shape index (κ3) is 2.09. The predicted octanol–water partition coefficient (Wildman–Crippen LogP) is -1.11. The van der Waals surface area contributed by atoms with Crippen molar-refractivity contribution in [2.45, 2.75) is 6.42 Å². The van der Waals surface area contributed by atoms with Crippen LogP contribution in [0.5, 0.6) is 0 Å². The SMILES string of the molecule is C1COOC1.[PbH4]. The molecule has 0 aromatic carbocycles. The standard InChI is InChI=1S/C3H6O2.Pb.4H/c1-2-4-5-3-1;;;;;/h1-3H2;;;;;. The molecule has 0 atom stereocenters. The molecule has 0 N–H and O–H groups in total. The van der Waals surface area contributed by atoms with Crippen molar-refractivity contribution >= 4 is 27.3 Å². The Labute approximate surface area is 56.9 Å². The van der Waals surface area contributed by atoms with Gasteiger partial charge in [0.1, 0.15) is 0 Å². The van der Waals surface area contributed by atoms with E-state index in [9.17, 15) is 0 Å². The summed E-state index contributed by atoms with van der Waals surface area (Å²) in [5.41, 5.74) is 0. The van der Waals surface area contributed by atoms with Crippen molar-refractivity contribution < 1.29 is 9.78 Å². The molecule has 0 amide bonds. The zero-order chi connectivity index (χ0) is 3.54. The Morgan fingerprint density at radius 3 is 1.67 bits per heavy atom. The first kappa shape index (κ1) is 6.84. The summed E-state index contributed by atoms with van der Waals surface area (Å²) in [5, 5.41) is 0. The topological polar surface area (TPSA) is 18.5 Å². The van der Waals surface area contributed by atoms with E-state index < -0.39 is 0 Å². The van der Waals surface area contributed by atoms with E-state index in [4.69, 9.17) is 0 Å². The van der Waals surface area contributed by atoms with Crippen LogP contribution in [0.2, 0.25) is 0 Å². The molecule has 0 radical (unpaired) electrons. The van der Waals surface area contributed by atoms with Gasteiger partial charge in [-0.05, 0) is 0 Å². The molecule has 1 saturated heterocycles. The summed E-state index contributed by atoms with van der Waals surface area (Å²) in [5.74, 6) is 0. The van der Waals surface area contributed by atoms with Gasteiger partial charge in [-0.2, -0.15) is 0 Å². The van der Waals surface area contributed by atoms with Crippen molar-refractivity contribution in [3.8, 4) is 0 Å². The van der Waals surface area contributed by atoms with Crippen LogP contribution in [0.1, 0.15) is 6.42 Å². The Bertz CT molecular complexity index is 20.4. The van der Waals surface area contributed by atoms with Crippen LogP contribution in [0.3, 0.4) is 0 Å². The number of hydrogen-bond acceptors (Lipinski definition) is 2. The van der Waals surface area contributed by atoms with E-state index in [-0.39, 0.29) is 27.3 Å². The van der Waals surface area contributed by atoms with E-state index in [1.165, 1.54) is 0 Å². The van der Waals surface area contributed by atoms with Gasteiger partial charge in [0.25, 0.3) is 0 Å². The second-order valence-corrected chi connectivity index (χ2v) is 0.998. The van der Waals surface area contributed by atoms with Crippen molar-refractivity contribution in [2.75, 3.05) is 13.2 Å². The normalized spacial score (nSPS) is 20.0. The van der Waals surface area contributed by atoms with Gasteiger partial charge in [-0.1, -0.05) is 0 Å². The van der Waals surface area contributed by atoms with Gasteiger partial charge in [-0.3, -0.25) is 0 Å². The fraction of sp³-hybridized carbons (Fsp3) is 1.00. The average Bonchev–Trinajstić information content (AvgIpc) is 1.76. The summed E-state index contributed by atoms with van der Waals surface area (Å²) in [6, 6.07) is 0. The molecule has 1 heterocycles. The van der Waals surface area contributed by atoms with Crippen LogP contribution in [-0.4, -0.2) is 40.5 Å². The second-order valence-electron chi connectivity index (χ2n) is 0.998. The molecule has 0 saturated carbocycles. The molecule has 38 valence electrons. The summed E-state index contributed by atoms with van der Waals surface area (Å²) >= 11 is 0. The van der Waals surface area contributed by atoms with Gasteiger partial charge in [-0.25, -0.2) is 9.78 Å². The maximum absolute atomic E-state index is 4.44. The predicted molar refractivity (Wildman–Crippen MR) is 27.9 cm³/mol. The van der Waals surface area contributed by atoms with Gasteiger partial charge in [0.15, 0.2) is 0 Å². The molecule has 0 unspecified atom stereocenters. The van der Waals surface area contributed by atoms with Gasteiger partial charge < -0.3 is 0 Å². The minimum atomic E-state index is 0. The Hall–Kier alpha value is 0.842. The van der Waals surface area contributed by atoms with Crippen LogP contribution in [0.15, 0.2) is 0 Å². The van der Waals surface area contributed by atoms with E-state index in [2.05, 4.69) is 9.78 Å². The summed E-state index contributed by atoms with van der Waals surface area (Å²) in [4.78, 5) is 8.89. The molecule has 1 aliphatic rings. The van der Waals surface area contributed by atoms with Gasteiger partial charge in [0, 0.05) is 6.42 Å². The fourth-order valence-corrected chi connectivity index (χ4v) is 0.295. The first-order valence-electron chi connectivity index (χ1n) is 1.74. The molecule has 1 rings (SSSR count). The van der Waals surface area contributed by atoms with E-state index >= 15 is 0 Å². The van der Waals surface area contributed by atoms with E-state index in [0.29, 0.717) is 0 Å². The van der Waals surface area contributed by atoms with Gasteiger partial charge in [0.05, 0.1) is 13.2 Å². The van der Waals surface area contributed by atoms with E-state index in [0.717, 1.165) is 19.6 Å². The summed E-state index contributed by atoms with van der Waals surface area (Å²) < 4.78 is 0. The fourth-order valence-electron chi connectivity index (χ4n) is 0.295. The number of hydrogen-bond donors (Lipinski definition) is 0. The molecule has 0 aromatic rings. The zero-order valence-electron chi connectivity index (χ0n) is 2.94. The zero-order valence-corrected chi connectivity index (χ0v) is 2.94.